The summed E-state index contributed by atoms with van der Waals surface area (Å²) in [5, 5.41) is 19.3. The van der Waals surface area contributed by atoms with Gasteiger partial charge in [-0.25, -0.2) is 0 Å². The summed E-state index contributed by atoms with van der Waals surface area (Å²) < 4.78 is 0. The Morgan fingerprint density at radius 1 is 1.09 bits per heavy atom. The Hall–Kier alpha value is -2.15. The average Bonchev–Trinajstić information content (AvgIpc) is 3.40. The number of aliphatic hydroxyl groups is 1. The summed E-state index contributed by atoms with van der Waals surface area (Å²) in [6.45, 7) is 1.50. The van der Waals surface area contributed by atoms with Gasteiger partial charge in [-0.15, -0.1) is 0 Å². The third kappa shape index (κ3) is 3.73. The van der Waals surface area contributed by atoms with Crippen LogP contribution in [-0.2, 0) is 6.54 Å². The molecule has 1 saturated carbocycles. The Morgan fingerprint density at radius 2 is 1.77 bits per heavy atom. The first-order chi connectivity index (χ1) is 10.8. The van der Waals surface area contributed by atoms with E-state index in [2.05, 4.69) is 35.2 Å². The van der Waals surface area contributed by atoms with Gasteiger partial charge in [0, 0.05) is 19.1 Å². The van der Waals surface area contributed by atoms with Gasteiger partial charge < -0.3 is 5.11 Å². The van der Waals surface area contributed by atoms with Crippen LogP contribution in [0.4, 0.5) is 0 Å². The highest BCUT2D eigenvalue weighted by Gasteiger charge is 2.30. The van der Waals surface area contributed by atoms with Crippen molar-refractivity contribution in [3.05, 3.63) is 71.3 Å². The molecule has 0 saturated heterocycles. The van der Waals surface area contributed by atoms with E-state index in [0.29, 0.717) is 18.2 Å². The Labute approximate surface area is 131 Å². The van der Waals surface area contributed by atoms with Crippen LogP contribution in [0.5, 0.6) is 0 Å². The van der Waals surface area contributed by atoms with Crippen molar-refractivity contribution >= 4 is 0 Å². The molecule has 1 N–H and O–H groups in total. The molecule has 1 fully saturated rings. The summed E-state index contributed by atoms with van der Waals surface area (Å²) in [7, 11) is 0. The molecular weight excluding hydrogens is 272 g/mol. The molecule has 1 aliphatic carbocycles. The van der Waals surface area contributed by atoms with Crippen molar-refractivity contribution in [2.24, 2.45) is 0 Å². The molecule has 1 atom stereocenters. The highest BCUT2D eigenvalue weighted by Crippen LogP contribution is 2.30. The normalized spacial score (nSPS) is 15.5. The maximum atomic E-state index is 10.5. The van der Waals surface area contributed by atoms with Gasteiger partial charge >= 0.3 is 0 Å². The molecule has 0 heterocycles. The number of hydrogen-bond acceptors (Lipinski definition) is 3. The first-order valence-electron chi connectivity index (χ1n) is 7.72. The number of aliphatic hydroxyl groups excluding tert-OH is 1. The Bertz CT molecular complexity index is 641. The highest BCUT2D eigenvalue weighted by atomic mass is 16.3. The number of nitrogens with zero attached hydrogens (tertiary/aromatic N) is 2. The van der Waals surface area contributed by atoms with Crippen molar-refractivity contribution in [2.75, 3.05) is 6.54 Å². The third-order valence-corrected chi connectivity index (χ3v) is 4.12. The van der Waals surface area contributed by atoms with Crippen molar-refractivity contribution in [1.29, 1.82) is 5.26 Å². The second-order valence-electron chi connectivity index (χ2n) is 5.90. The summed E-state index contributed by atoms with van der Waals surface area (Å²) in [5.41, 5.74) is 2.78. The van der Waals surface area contributed by atoms with Gasteiger partial charge in [-0.05, 0) is 36.1 Å². The molecule has 112 valence electrons. The molecule has 0 amide bonds. The fourth-order valence-electron chi connectivity index (χ4n) is 2.71. The second kappa shape index (κ2) is 6.74. The second-order valence-corrected chi connectivity index (χ2v) is 5.90. The van der Waals surface area contributed by atoms with Crippen molar-refractivity contribution in [3.63, 3.8) is 0 Å². The molecule has 2 aromatic carbocycles. The maximum absolute atomic E-state index is 10.5. The molecule has 1 unspecified atom stereocenters. The minimum Gasteiger partial charge on any atom is -0.387 e. The smallest absolute Gasteiger partial charge is 0.0991 e. The molecule has 3 heteroatoms. The van der Waals surface area contributed by atoms with Crippen LogP contribution >= 0.6 is 0 Å². The average molecular weight is 292 g/mol. The van der Waals surface area contributed by atoms with E-state index in [4.69, 9.17) is 5.26 Å². The zero-order valence-electron chi connectivity index (χ0n) is 12.5. The monoisotopic (exact) mass is 292 g/mol. The molecule has 0 aliphatic heterocycles. The molecule has 0 bridgehead atoms. The van der Waals surface area contributed by atoms with Crippen molar-refractivity contribution in [3.8, 4) is 6.07 Å². The van der Waals surface area contributed by atoms with Gasteiger partial charge in [0.25, 0.3) is 0 Å². The molecule has 2 aromatic rings. The maximum Gasteiger partial charge on any atom is 0.0991 e. The minimum atomic E-state index is -0.517. The summed E-state index contributed by atoms with van der Waals surface area (Å²) in [6, 6.07) is 20.3. The van der Waals surface area contributed by atoms with E-state index in [0.717, 1.165) is 12.1 Å². The van der Waals surface area contributed by atoms with Gasteiger partial charge in [-0.3, -0.25) is 4.90 Å². The van der Waals surface area contributed by atoms with E-state index in [1.165, 1.54) is 18.4 Å². The summed E-state index contributed by atoms with van der Waals surface area (Å²) in [5.74, 6) is 0. The predicted octanol–water partition coefficient (Wildman–Crippen LogP) is 3.26. The van der Waals surface area contributed by atoms with Gasteiger partial charge in [-0.1, -0.05) is 42.5 Å². The first-order valence-corrected chi connectivity index (χ1v) is 7.72. The third-order valence-electron chi connectivity index (χ3n) is 4.12. The van der Waals surface area contributed by atoms with Crippen molar-refractivity contribution in [1.82, 2.24) is 4.90 Å². The van der Waals surface area contributed by atoms with E-state index >= 15 is 0 Å². The molecule has 0 radical (unpaired) electrons. The molecule has 3 nitrogen and oxygen atoms in total. The Morgan fingerprint density at radius 3 is 2.36 bits per heavy atom. The van der Waals surface area contributed by atoms with Crippen molar-refractivity contribution < 1.29 is 5.11 Å². The standard InChI is InChI=1S/C19H20N2O/c20-12-15-6-8-17(9-7-15)19(22)14-21(18-10-11-18)13-16-4-2-1-3-5-16/h1-9,18-19,22H,10-11,13-14H2. The molecule has 1 aliphatic rings. The SMILES string of the molecule is N#Cc1ccc(C(O)CN(Cc2ccccc2)C2CC2)cc1. The molecular formula is C19H20N2O. The lowest BCUT2D eigenvalue weighted by molar-refractivity contribution is 0.104. The predicted molar refractivity (Wildman–Crippen MR) is 86.0 cm³/mol. The lowest BCUT2D eigenvalue weighted by atomic mass is 10.1. The van der Waals surface area contributed by atoms with E-state index in [1.807, 2.05) is 18.2 Å². The largest absolute Gasteiger partial charge is 0.387 e. The van der Waals surface area contributed by atoms with Gasteiger partial charge in [0.1, 0.15) is 0 Å². The van der Waals surface area contributed by atoms with Crippen LogP contribution in [0.3, 0.4) is 0 Å². The lowest BCUT2D eigenvalue weighted by Gasteiger charge is -2.25. The molecule has 0 spiro atoms. The van der Waals surface area contributed by atoms with Gasteiger partial charge in [0.15, 0.2) is 0 Å². The first kappa shape index (κ1) is 14.8. The van der Waals surface area contributed by atoms with Crippen LogP contribution in [0.25, 0.3) is 0 Å². The lowest BCUT2D eigenvalue weighted by Crippen LogP contribution is -2.30. The molecule has 22 heavy (non-hydrogen) atoms. The topological polar surface area (TPSA) is 47.3 Å². The van der Waals surface area contributed by atoms with Crippen molar-refractivity contribution in [2.45, 2.75) is 31.5 Å². The molecule has 0 aromatic heterocycles. The van der Waals surface area contributed by atoms with Gasteiger partial charge in [0.05, 0.1) is 17.7 Å². The van der Waals surface area contributed by atoms with E-state index in [-0.39, 0.29) is 0 Å². The number of rotatable bonds is 6. The number of hydrogen-bond donors (Lipinski definition) is 1. The van der Waals surface area contributed by atoms with E-state index in [1.54, 1.807) is 12.1 Å². The van der Waals surface area contributed by atoms with E-state index in [9.17, 15) is 5.11 Å². The van der Waals surface area contributed by atoms with Gasteiger partial charge in [-0.2, -0.15) is 5.26 Å². The zero-order chi connectivity index (χ0) is 15.4. The highest BCUT2D eigenvalue weighted by molar-refractivity contribution is 5.32. The molecule has 3 rings (SSSR count). The Balaban J connectivity index is 1.66. The number of benzene rings is 2. The minimum absolute atomic E-state index is 0.517. The van der Waals surface area contributed by atoms with Crippen LogP contribution in [0.1, 0.15) is 35.6 Å². The fraction of sp³-hybridized carbons (Fsp3) is 0.316. The zero-order valence-corrected chi connectivity index (χ0v) is 12.5. The van der Waals surface area contributed by atoms with E-state index < -0.39 is 6.10 Å². The number of nitriles is 1. The van der Waals surface area contributed by atoms with Crippen LogP contribution in [0.15, 0.2) is 54.6 Å². The van der Waals surface area contributed by atoms with Crippen LogP contribution in [0.2, 0.25) is 0 Å². The fourth-order valence-corrected chi connectivity index (χ4v) is 2.71. The Kier molecular flexibility index (Phi) is 4.53. The van der Waals surface area contributed by atoms with Crippen LogP contribution in [0, 0.1) is 11.3 Å². The van der Waals surface area contributed by atoms with Gasteiger partial charge in [0.2, 0.25) is 0 Å². The summed E-state index contributed by atoms with van der Waals surface area (Å²) >= 11 is 0. The summed E-state index contributed by atoms with van der Waals surface area (Å²) in [4.78, 5) is 2.36. The quantitative estimate of drug-likeness (QED) is 0.889. The van der Waals surface area contributed by atoms with Crippen LogP contribution in [-0.4, -0.2) is 22.6 Å². The summed E-state index contributed by atoms with van der Waals surface area (Å²) in [6.07, 6.45) is 1.91. The van der Waals surface area contributed by atoms with Crippen LogP contribution < -0.4 is 0 Å².